The van der Waals surface area contributed by atoms with Crippen LogP contribution in [0.1, 0.15) is 6.42 Å². The van der Waals surface area contributed by atoms with Gasteiger partial charge in [0.15, 0.2) is 5.16 Å². The Hall–Kier alpha value is -1.53. The molecule has 0 saturated carbocycles. The summed E-state index contributed by atoms with van der Waals surface area (Å²) < 4.78 is 5.36. The molecule has 1 saturated heterocycles. The zero-order valence-corrected chi connectivity index (χ0v) is 11.3. The van der Waals surface area contributed by atoms with Gasteiger partial charge in [0.05, 0.1) is 6.61 Å². The number of nitrogens with zero attached hydrogens (tertiary/aromatic N) is 2. The van der Waals surface area contributed by atoms with E-state index in [1.807, 2.05) is 0 Å². The fraction of sp³-hybridized carbons (Fsp3) is 0.385. The molecule has 0 amide bonds. The molecule has 1 aliphatic heterocycles. The molecule has 0 aliphatic carbocycles. The van der Waals surface area contributed by atoms with Crippen molar-refractivity contribution in [3.8, 4) is 0 Å². The van der Waals surface area contributed by atoms with E-state index in [0.29, 0.717) is 5.92 Å². The zero-order valence-electron chi connectivity index (χ0n) is 10.5. The molecule has 6 heteroatoms. The highest BCUT2D eigenvalue weighted by atomic mass is 32.2. The minimum absolute atomic E-state index is 0.642. The van der Waals surface area contributed by atoms with Crippen LogP contribution in [-0.4, -0.2) is 34.9 Å². The Morgan fingerprint density at radius 3 is 2.95 bits per heavy atom. The molecule has 19 heavy (non-hydrogen) atoms. The minimum atomic E-state index is 0.642. The topological polar surface area (TPSA) is 62.8 Å². The van der Waals surface area contributed by atoms with Gasteiger partial charge in [-0.25, -0.2) is 4.98 Å². The molecule has 1 aliphatic rings. The Balaban J connectivity index is 1.53. The van der Waals surface area contributed by atoms with Crippen LogP contribution in [-0.2, 0) is 4.74 Å². The number of aromatic amines is 1. The van der Waals surface area contributed by atoms with Crippen LogP contribution in [0.25, 0.3) is 0 Å². The Kier molecular flexibility index (Phi) is 4.00. The molecule has 1 aromatic heterocycles. The number of benzene rings is 1. The number of anilines is 1. The van der Waals surface area contributed by atoms with Crippen molar-refractivity contribution >= 4 is 17.4 Å². The van der Waals surface area contributed by atoms with Gasteiger partial charge >= 0.3 is 0 Å². The van der Waals surface area contributed by atoms with Crippen molar-refractivity contribution in [1.82, 2.24) is 15.2 Å². The van der Waals surface area contributed by atoms with Gasteiger partial charge in [-0.05, 0) is 30.7 Å². The molecule has 0 spiro atoms. The van der Waals surface area contributed by atoms with Crippen molar-refractivity contribution < 1.29 is 4.74 Å². The summed E-state index contributed by atoms with van der Waals surface area (Å²) in [6.45, 7) is 2.76. The summed E-state index contributed by atoms with van der Waals surface area (Å²) in [5, 5.41) is 10.9. The zero-order chi connectivity index (χ0) is 12.9. The third-order valence-electron chi connectivity index (χ3n) is 3.08. The molecule has 2 aromatic rings. The number of rotatable bonds is 5. The van der Waals surface area contributed by atoms with Gasteiger partial charge in [-0.2, -0.15) is 5.10 Å². The highest BCUT2D eigenvalue weighted by molar-refractivity contribution is 7.99. The van der Waals surface area contributed by atoms with Crippen molar-refractivity contribution in [3.63, 3.8) is 0 Å². The molecular weight excluding hydrogens is 260 g/mol. The third-order valence-corrected chi connectivity index (χ3v) is 3.98. The van der Waals surface area contributed by atoms with E-state index in [1.165, 1.54) is 6.33 Å². The lowest BCUT2D eigenvalue weighted by Crippen LogP contribution is -2.13. The van der Waals surface area contributed by atoms with E-state index >= 15 is 0 Å². The molecule has 1 atom stereocenters. The fourth-order valence-electron chi connectivity index (χ4n) is 2.00. The number of hydrogen-bond acceptors (Lipinski definition) is 5. The molecule has 2 heterocycles. The maximum absolute atomic E-state index is 5.36. The lowest BCUT2D eigenvalue weighted by atomic mass is 10.1. The van der Waals surface area contributed by atoms with Crippen molar-refractivity contribution in [2.24, 2.45) is 5.92 Å². The molecule has 0 bridgehead atoms. The lowest BCUT2D eigenvalue weighted by molar-refractivity contribution is 0.187. The Bertz CT molecular complexity index is 494. The van der Waals surface area contributed by atoms with Crippen LogP contribution in [0, 0.1) is 5.92 Å². The highest BCUT2D eigenvalue weighted by Gasteiger charge is 2.14. The van der Waals surface area contributed by atoms with E-state index in [1.54, 1.807) is 11.8 Å². The summed E-state index contributed by atoms with van der Waals surface area (Å²) in [5.74, 6) is 0.642. The summed E-state index contributed by atoms with van der Waals surface area (Å²) in [4.78, 5) is 5.23. The van der Waals surface area contributed by atoms with Crippen LogP contribution in [0.3, 0.4) is 0 Å². The van der Waals surface area contributed by atoms with Crippen molar-refractivity contribution in [2.45, 2.75) is 16.5 Å². The van der Waals surface area contributed by atoms with Gasteiger partial charge in [0.1, 0.15) is 6.33 Å². The standard InChI is InChI=1S/C13H16N4OS/c1-3-12(19-13-15-9-16-17-13)4-2-11(1)14-7-10-5-6-18-8-10/h1-4,9-10,14H,5-8H2,(H,15,16,17). The van der Waals surface area contributed by atoms with Gasteiger partial charge in [-0.15, -0.1) is 0 Å². The van der Waals surface area contributed by atoms with Crippen molar-refractivity contribution in [1.29, 1.82) is 0 Å². The first-order chi connectivity index (χ1) is 9.40. The number of hydrogen-bond donors (Lipinski definition) is 2. The molecule has 1 unspecified atom stereocenters. The maximum atomic E-state index is 5.36. The molecule has 1 aromatic carbocycles. The fourth-order valence-corrected chi connectivity index (χ4v) is 2.70. The molecule has 2 N–H and O–H groups in total. The van der Waals surface area contributed by atoms with Crippen LogP contribution < -0.4 is 5.32 Å². The van der Waals surface area contributed by atoms with Gasteiger partial charge in [-0.1, -0.05) is 11.8 Å². The first-order valence-electron chi connectivity index (χ1n) is 6.35. The van der Waals surface area contributed by atoms with E-state index in [9.17, 15) is 0 Å². The van der Waals surface area contributed by atoms with E-state index < -0.39 is 0 Å². The predicted molar refractivity (Wildman–Crippen MR) is 74.4 cm³/mol. The summed E-state index contributed by atoms with van der Waals surface area (Å²) in [6, 6.07) is 8.35. The Morgan fingerprint density at radius 2 is 2.26 bits per heavy atom. The van der Waals surface area contributed by atoms with Crippen molar-refractivity contribution in [3.05, 3.63) is 30.6 Å². The monoisotopic (exact) mass is 276 g/mol. The van der Waals surface area contributed by atoms with Crippen LogP contribution in [0.15, 0.2) is 40.6 Å². The second-order valence-electron chi connectivity index (χ2n) is 4.53. The van der Waals surface area contributed by atoms with Gasteiger partial charge in [0.25, 0.3) is 0 Å². The number of nitrogens with one attached hydrogen (secondary N) is 2. The van der Waals surface area contributed by atoms with Gasteiger partial charge in [0, 0.05) is 29.7 Å². The average molecular weight is 276 g/mol. The lowest BCUT2D eigenvalue weighted by Gasteiger charge is -2.10. The second kappa shape index (κ2) is 6.08. The number of ether oxygens (including phenoxy) is 1. The minimum Gasteiger partial charge on any atom is -0.385 e. The molecule has 100 valence electrons. The highest BCUT2D eigenvalue weighted by Crippen LogP contribution is 2.25. The first kappa shape index (κ1) is 12.5. The molecule has 0 radical (unpaired) electrons. The number of H-pyrrole nitrogens is 1. The summed E-state index contributed by atoms with van der Waals surface area (Å²) in [7, 11) is 0. The van der Waals surface area contributed by atoms with Gasteiger partial charge < -0.3 is 10.1 Å². The average Bonchev–Trinajstić information content (AvgIpc) is 3.11. The van der Waals surface area contributed by atoms with Crippen LogP contribution in [0.4, 0.5) is 5.69 Å². The number of aromatic nitrogens is 3. The first-order valence-corrected chi connectivity index (χ1v) is 7.17. The molecule has 5 nitrogen and oxygen atoms in total. The van der Waals surface area contributed by atoms with E-state index in [0.717, 1.165) is 41.9 Å². The van der Waals surface area contributed by atoms with Crippen LogP contribution in [0.2, 0.25) is 0 Å². The Morgan fingerprint density at radius 1 is 1.37 bits per heavy atom. The predicted octanol–water partition coefficient (Wildman–Crippen LogP) is 2.40. The van der Waals surface area contributed by atoms with E-state index in [2.05, 4.69) is 44.8 Å². The summed E-state index contributed by atoms with van der Waals surface area (Å²) in [6.07, 6.45) is 2.67. The van der Waals surface area contributed by atoms with Gasteiger partial charge in [-0.3, -0.25) is 5.10 Å². The quantitative estimate of drug-likeness (QED) is 0.878. The Labute approximate surface area is 116 Å². The smallest absolute Gasteiger partial charge is 0.188 e. The molecular formula is C13H16N4OS. The maximum Gasteiger partial charge on any atom is 0.188 e. The SMILES string of the molecule is c1n[nH]c(Sc2ccc(NCC3CCOC3)cc2)n1. The largest absolute Gasteiger partial charge is 0.385 e. The van der Waals surface area contributed by atoms with Gasteiger partial charge in [0.2, 0.25) is 0 Å². The third kappa shape index (κ3) is 3.48. The van der Waals surface area contributed by atoms with E-state index in [4.69, 9.17) is 4.74 Å². The molecule has 1 fully saturated rings. The van der Waals surface area contributed by atoms with Crippen LogP contribution >= 0.6 is 11.8 Å². The van der Waals surface area contributed by atoms with E-state index in [-0.39, 0.29) is 0 Å². The van der Waals surface area contributed by atoms with Crippen LogP contribution in [0.5, 0.6) is 0 Å². The normalized spacial score (nSPS) is 18.6. The summed E-state index contributed by atoms with van der Waals surface area (Å²) >= 11 is 1.57. The molecule has 3 rings (SSSR count). The summed E-state index contributed by atoms with van der Waals surface area (Å²) in [5.41, 5.74) is 1.15. The second-order valence-corrected chi connectivity index (χ2v) is 5.59. The van der Waals surface area contributed by atoms with Crippen molar-refractivity contribution in [2.75, 3.05) is 25.1 Å².